The lowest BCUT2D eigenvalue weighted by Gasteiger charge is -2.49. The quantitative estimate of drug-likeness (QED) is 0.490. The lowest BCUT2D eigenvalue weighted by atomic mass is 9.98. The molecule has 0 saturated carbocycles. The van der Waals surface area contributed by atoms with Crippen molar-refractivity contribution >= 4 is 7.92 Å². The van der Waals surface area contributed by atoms with E-state index >= 15 is 0 Å². The smallest absolute Gasteiger partial charge is 0.0353 e. The summed E-state index contributed by atoms with van der Waals surface area (Å²) in [5.41, 5.74) is 11.1. The molecule has 0 aromatic heterocycles. The predicted octanol–water partition coefficient (Wildman–Crippen LogP) is 4.28. The van der Waals surface area contributed by atoms with E-state index in [0.29, 0.717) is 0 Å². The third-order valence-electron chi connectivity index (χ3n) is 3.49. The van der Waals surface area contributed by atoms with Crippen LogP contribution in [0.3, 0.4) is 0 Å². The maximum absolute atomic E-state index is 3.26. The third-order valence-corrected chi connectivity index (χ3v) is 7.33. The summed E-state index contributed by atoms with van der Waals surface area (Å²) in [5, 5.41) is 1.41. The first-order valence-electron chi connectivity index (χ1n) is 5.86. The van der Waals surface area contributed by atoms with Crippen molar-refractivity contribution in [3.05, 3.63) is 28.6 Å². The van der Waals surface area contributed by atoms with Crippen molar-refractivity contribution in [1.82, 2.24) is 0 Å². The zero-order valence-electron chi connectivity index (χ0n) is 10.0. The Bertz CT molecular complexity index is 370. The maximum Gasteiger partial charge on any atom is 0.0353 e. The van der Waals surface area contributed by atoms with E-state index in [4.69, 9.17) is 0 Å². The molecule has 15 heavy (non-hydrogen) atoms. The highest BCUT2D eigenvalue weighted by Gasteiger charge is 2.44. The van der Waals surface area contributed by atoms with Crippen LogP contribution in [-0.4, -0.2) is 11.3 Å². The Kier molecular flexibility index (Phi) is 3.06. The molecule has 80 valence electrons. The van der Waals surface area contributed by atoms with Crippen molar-refractivity contribution in [2.24, 2.45) is 11.8 Å². The molecule has 2 atom stereocenters. The van der Waals surface area contributed by atoms with E-state index in [1.807, 2.05) is 0 Å². The molecule has 1 aliphatic heterocycles. The molecule has 0 aromatic rings. The van der Waals surface area contributed by atoms with Gasteiger partial charge in [-0.2, -0.15) is 0 Å². The largest absolute Gasteiger partial charge is 0.0622 e. The lowest BCUT2D eigenvalue weighted by molar-refractivity contribution is 0.447. The Morgan fingerprint density at radius 2 is 1.80 bits per heavy atom. The fraction of sp³-hybridized carbons (Fsp3) is 0.643. The highest BCUT2D eigenvalue weighted by Crippen LogP contribution is 2.68. The van der Waals surface area contributed by atoms with E-state index in [0.717, 1.165) is 23.2 Å². The molecule has 0 unspecified atom stereocenters. The summed E-state index contributed by atoms with van der Waals surface area (Å²) in [4.78, 5) is 0. The van der Waals surface area contributed by atoms with Crippen LogP contribution in [0.25, 0.3) is 0 Å². The van der Waals surface area contributed by atoms with Gasteiger partial charge in [0.1, 0.15) is 0 Å². The van der Waals surface area contributed by atoms with Gasteiger partial charge in [-0.05, 0) is 35.3 Å². The summed E-state index contributed by atoms with van der Waals surface area (Å²) in [6.45, 7) is 9.42. The molecule has 0 aromatic carbocycles. The summed E-state index contributed by atoms with van der Waals surface area (Å²) in [7, 11) is 0.0203. The Hall–Kier alpha value is -0.490. The second-order valence-electron chi connectivity index (χ2n) is 5.19. The predicted molar refractivity (Wildman–Crippen MR) is 67.4 cm³/mol. The molecule has 0 spiro atoms. The summed E-state index contributed by atoms with van der Waals surface area (Å²) in [6, 6.07) is 0. The van der Waals surface area contributed by atoms with Crippen LogP contribution in [0, 0.1) is 11.8 Å². The Morgan fingerprint density at radius 3 is 2.20 bits per heavy atom. The number of rotatable bonds is 3. The van der Waals surface area contributed by atoms with Gasteiger partial charge in [0.05, 0.1) is 0 Å². The van der Waals surface area contributed by atoms with Crippen molar-refractivity contribution in [3.8, 4) is 0 Å². The molecular weight excluding hydrogens is 199 g/mol. The highest BCUT2D eigenvalue weighted by molar-refractivity contribution is 7.65. The fourth-order valence-electron chi connectivity index (χ4n) is 2.51. The van der Waals surface area contributed by atoms with Crippen LogP contribution in [0.1, 0.15) is 34.1 Å². The van der Waals surface area contributed by atoms with Crippen molar-refractivity contribution in [1.29, 1.82) is 0 Å². The second kappa shape index (κ2) is 4.17. The average molecular weight is 218 g/mol. The van der Waals surface area contributed by atoms with Gasteiger partial charge in [0.15, 0.2) is 0 Å². The number of hydrogen-bond acceptors (Lipinski definition) is 0. The van der Waals surface area contributed by atoms with Crippen LogP contribution >= 0.6 is 7.92 Å². The molecule has 2 aliphatic rings. The van der Waals surface area contributed by atoms with Crippen LogP contribution in [0.2, 0.25) is 0 Å². The van der Waals surface area contributed by atoms with Crippen molar-refractivity contribution < 1.29 is 0 Å². The van der Waals surface area contributed by atoms with Gasteiger partial charge < -0.3 is 0 Å². The molecule has 1 saturated heterocycles. The average Bonchev–Trinajstić information content (AvgIpc) is 2.53. The molecule has 1 heteroatoms. The number of hydrogen-bond donors (Lipinski definition) is 0. The molecule has 0 amide bonds. The zero-order valence-corrected chi connectivity index (χ0v) is 10.9. The molecule has 0 N–H and O–H groups in total. The van der Waals surface area contributed by atoms with E-state index in [2.05, 4.69) is 51.0 Å². The van der Waals surface area contributed by atoms with Crippen LogP contribution in [0.4, 0.5) is 0 Å². The first-order chi connectivity index (χ1) is 7.11. The zero-order chi connectivity index (χ0) is 11.0. The van der Waals surface area contributed by atoms with Gasteiger partial charge in [-0.1, -0.05) is 47.1 Å². The Labute approximate surface area is 94.2 Å². The van der Waals surface area contributed by atoms with Crippen molar-refractivity contribution in [2.75, 3.05) is 0 Å². The van der Waals surface area contributed by atoms with E-state index in [1.165, 1.54) is 11.7 Å². The van der Waals surface area contributed by atoms with E-state index in [1.54, 1.807) is 0 Å². The third kappa shape index (κ3) is 1.92. The fourth-order valence-corrected chi connectivity index (χ4v) is 5.91. The Balaban J connectivity index is 2.16. The van der Waals surface area contributed by atoms with Gasteiger partial charge in [-0.25, -0.2) is 0 Å². The van der Waals surface area contributed by atoms with Gasteiger partial charge in [0.2, 0.25) is 0 Å². The minimum absolute atomic E-state index is 0.0203. The summed E-state index contributed by atoms with van der Waals surface area (Å²) in [6.07, 6.45) is 3.52. The van der Waals surface area contributed by atoms with E-state index < -0.39 is 0 Å². The van der Waals surface area contributed by atoms with Crippen LogP contribution in [0.15, 0.2) is 28.6 Å². The first kappa shape index (κ1) is 11.0. The van der Waals surface area contributed by atoms with E-state index in [-0.39, 0.29) is 7.92 Å². The van der Waals surface area contributed by atoms with E-state index in [9.17, 15) is 0 Å². The highest BCUT2D eigenvalue weighted by atomic mass is 31.1. The molecule has 1 fully saturated rings. The molecular formula is C14H19P. The summed E-state index contributed by atoms with van der Waals surface area (Å²) in [5.74, 6) is 1.63. The van der Waals surface area contributed by atoms with Gasteiger partial charge in [0.25, 0.3) is 0 Å². The minimum atomic E-state index is 0.0203. The van der Waals surface area contributed by atoms with Gasteiger partial charge >= 0.3 is 0 Å². The molecule has 0 nitrogen and oxygen atoms in total. The van der Waals surface area contributed by atoms with Crippen LogP contribution in [-0.2, 0) is 0 Å². The van der Waals surface area contributed by atoms with Crippen LogP contribution in [0.5, 0.6) is 0 Å². The normalized spacial score (nSPS) is 29.1. The number of allylic oxidation sites excluding steroid dienone is 2. The summed E-state index contributed by atoms with van der Waals surface area (Å²) >= 11 is 0. The van der Waals surface area contributed by atoms with Gasteiger partial charge in [0, 0.05) is 11.4 Å². The summed E-state index contributed by atoms with van der Waals surface area (Å²) < 4.78 is 0. The second-order valence-corrected chi connectivity index (χ2v) is 7.81. The molecule has 0 bridgehead atoms. The molecule has 2 rings (SSSR count). The molecule has 1 heterocycles. The first-order valence-corrected chi connectivity index (χ1v) is 7.34. The molecule has 0 radical (unpaired) electrons. The molecule has 1 aliphatic carbocycles. The van der Waals surface area contributed by atoms with Crippen molar-refractivity contribution in [2.45, 2.75) is 45.4 Å². The Morgan fingerprint density at radius 1 is 1.20 bits per heavy atom. The van der Waals surface area contributed by atoms with Gasteiger partial charge in [-0.3, -0.25) is 0 Å². The SMILES string of the molecule is CC(C)[C@H]1C[C@H](C(C)C)P1C1=C=C=C=C1. The van der Waals surface area contributed by atoms with Crippen LogP contribution < -0.4 is 0 Å². The lowest BCUT2D eigenvalue weighted by Crippen LogP contribution is -2.37. The topological polar surface area (TPSA) is 0 Å². The minimum Gasteiger partial charge on any atom is -0.0622 e. The van der Waals surface area contributed by atoms with Gasteiger partial charge in [-0.15, -0.1) is 0 Å². The van der Waals surface area contributed by atoms with Crippen molar-refractivity contribution in [3.63, 3.8) is 0 Å². The maximum atomic E-state index is 3.26. The standard InChI is InChI=1S/C14H19P/c1-10(2)13-9-14(11(3)4)15(13)12-7-5-6-8-12/h7,10-11,13-14H,9H2,1-4H3/t13-,14-/m1/s1. The monoisotopic (exact) mass is 218 g/mol.